The van der Waals surface area contributed by atoms with Crippen LogP contribution >= 0.6 is 0 Å². The van der Waals surface area contributed by atoms with E-state index >= 15 is 0 Å². The number of phenolic OH excluding ortho intramolecular Hbond substituents is 1. The molecule has 0 aliphatic rings. The van der Waals surface area contributed by atoms with Gasteiger partial charge in [-0.3, -0.25) is 14.4 Å². The second-order valence-electron chi connectivity index (χ2n) is 9.63. The molecule has 3 N–H and O–H groups in total. The van der Waals surface area contributed by atoms with Crippen molar-refractivity contribution in [3.63, 3.8) is 0 Å². The molecule has 0 aliphatic heterocycles. The van der Waals surface area contributed by atoms with E-state index in [2.05, 4.69) is 17.2 Å². The van der Waals surface area contributed by atoms with E-state index in [1.165, 1.54) is 35.2 Å². The van der Waals surface area contributed by atoms with E-state index in [1.807, 2.05) is 13.8 Å². The van der Waals surface area contributed by atoms with Gasteiger partial charge in [0.2, 0.25) is 11.8 Å². The molecular weight excluding hydrogens is 478 g/mol. The molecule has 10 heteroatoms. The van der Waals surface area contributed by atoms with Crippen molar-refractivity contribution in [1.82, 2.24) is 15.5 Å². The van der Waals surface area contributed by atoms with Gasteiger partial charge in [0.05, 0.1) is 13.0 Å². The molecule has 0 saturated heterocycles. The summed E-state index contributed by atoms with van der Waals surface area (Å²) in [5.74, 6) is -1.78. The van der Waals surface area contributed by atoms with Gasteiger partial charge < -0.3 is 30.1 Å². The second-order valence-corrected chi connectivity index (χ2v) is 9.63. The molecule has 0 saturated carbocycles. The minimum Gasteiger partial charge on any atom is -0.508 e. The number of aromatic hydroxyl groups is 1. The lowest BCUT2D eigenvalue weighted by molar-refractivity contribution is -0.144. The van der Waals surface area contributed by atoms with E-state index in [0.717, 1.165) is 0 Å². The zero-order valence-corrected chi connectivity index (χ0v) is 22.7. The molecule has 1 aromatic carbocycles. The highest BCUT2D eigenvalue weighted by molar-refractivity contribution is 5.92. The molecule has 0 bridgehead atoms. The summed E-state index contributed by atoms with van der Waals surface area (Å²) >= 11 is 0. The third kappa shape index (κ3) is 10.5. The maximum absolute atomic E-state index is 13.9. The predicted molar refractivity (Wildman–Crippen MR) is 140 cm³/mol. The number of hydrogen-bond acceptors (Lipinski definition) is 7. The number of carbonyl (C=O) groups excluding carboxylic acids is 4. The van der Waals surface area contributed by atoms with Crippen LogP contribution in [-0.2, 0) is 23.9 Å². The molecule has 3 unspecified atom stereocenters. The number of phenols is 1. The van der Waals surface area contributed by atoms with Gasteiger partial charge in [-0.25, -0.2) is 4.79 Å². The highest BCUT2D eigenvalue weighted by Crippen LogP contribution is 2.26. The summed E-state index contributed by atoms with van der Waals surface area (Å²) in [7, 11) is 0. The fourth-order valence-electron chi connectivity index (χ4n) is 3.51. The topological polar surface area (TPSA) is 134 Å². The number of rotatable bonds is 13. The molecule has 0 heterocycles. The highest BCUT2D eigenvalue weighted by atomic mass is 16.6. The number of amides is 3. The zero-order chi connectivity index (χ0) is 28.2. The molecular formula is C27H41N3O7. The number of nitrogens with one attached hydrogen (secondary N) is 2. The van der Waals surface area contributed by atoms with Crippen molar-refractivity contribution >= 4 is 23.9 Å². The average Bonchev–Trinajstić information content (AvgIpc) is 2.81. The fraction of sp³-hybridized carbons (Fsp3) is 0.556. The largest absolute Gasteiger partial charge is 0.508 e. The number of esters is 1. The van der Waals surface area contributed by atoms with Crippen LogP contribution in [0.1, 0.15) is 66.0 Å². The second kappa shape index (κ2) is 14.9. The first kappa shape index (κ1) is 31.5. The van der Waals surface area contributed by atoms with Crippen molar-refractivity contribution in [2.75, 3.05) is 19.7 Å². The third-order valence-corrected chi connectivity index (χ3v) is 5.46. The van der Waals surface area contributed by atoms with E-state index in [4.69, 9.17) is 9.47 Å². The van der Waals surface area contributed by atoms with Gasteiger partial charge in [-0.15, -0.1) is 6.58 Å². The van der Waals surface area contributed by atoms with E-state index < -0.39 is 41.6 Å². The van der Waals surface area contributed by atoms with Gasteiger partial charge in [0.1, 0.15) is 23.4 Å². The Bertz CT molecular complexity index is 925. The van der Waals surface area contributed by atoms with Gasteiger partial charge in [-0.2, -0.15) is 0 Å². The Labute approximate surface area is 219 Å². The number of hydrogen-bond donors (Lipinski definition) is 3. The SMILES string of the molecule is C=CCN(C(=O)C(NC(=O)OC(C)(C)C)C(C)CC)C(C(=O)NCCC(=O)OCC)c1ccc(O)cc1. The lowest BCUT2D eigenvalue weighted by Crippen LogP contribution is -2.55. The Morgan fingerprint density at radius 3 is 2.27 bits per heavy atom. The molecule has 1 rings (SSSR count). The molecule has 0 fully saturated rings. The van der Waals surface area contributed by atoms with E-state index in [9.17, 15) is 24.3 Å². The number of nitrogens with zero attached hydrogens (tertiary/aromatic N) is 1. The number of carbonyl (C=O) groups is 4. The summed E-state index contributed by atoms with van der Waals surface area (Å²) in [6.07, 6.45) is 1.28. The number of benzene rings is 1. The maximum Gasteiger partial charge on any atom is 0.408 e. The maximum atomic E-state index is 13.9. The van der Waals surface area contributed by atoms with Crippen LogP contribution in [-0.4, -0.2) is 65.2 Å². The fourth-order valence-corrected chi connectivity index (χ4v) is 3.51. The van der Waals surface area contributed by atoms with Crippen molar-refractivity contribution in [3.05, 3.63) is 42.5 Å². The van der Waals surface area contributed by atoms with Gasteiger partial charge in [-0.1, -0.05) is 38.5 Å². The van der Waals surface area contributed by atoms with Gasteiger partial charge in [0, 0.05) is 13.1 Å². The first-order valence-corrected chi connectivity index (χ1v) is 12.5. The van der Waals surface area contributed by atoms with Gasteiger partial charge >= 0.3 is 12.1 Å². The summed E-state index contributed by atoms with van der Waals surface area (Å²) < 4.78 is 10.3. The van der Waals surface area contributed by atoms with E-state index in [-0.39, 0.29) is 37.8 Å². The Morgan fingerprint density at radius 1 is 1.14 bits per heavy atom. The molecule has 3 amide bonds. The quantitative estimate of drug-likeness (QED) is 0.268. The molecule has 37 heavy (non-hydrogen) atoms. The van der Waals surface area contributed by atoms with Crippen molar-refractivity contribution in [3.8, 4) is 5.75 Å². The third-order valence-electron chi connectivity index (χ3n) is 5.46. The minimum absolute atomic E-state index is 0.00138. The minimum atomic E-state index is -1.12. The summed E-state index contributed by atoms with van der Waals surface area (Å²) in [6, 6.07) is 3.79. The van der Waals surface area contributed by atoms with Gasteiger partial charge in [0.15, 0.2) is 0 Å². The van der Waals surface area contributed by atoms with Crippen LogP contribution in [0.4, 0.5) is 4.79 Å². The summed E-state index contributed by atoms with van der Waals surface area (Å²) in [6.45, 7) is 14.5. The molecule has 0 aliphatic carbocycles. The van der Waals surface area contributed by atoms with Crippen LogP contribution in [0.25, 0.3) is 0 Å². The van der Waals surface area contributed by atoms with E-state index in [1.54, 1.807) is 27.7 Å². The van der Waals surface area contributed by atoms with Gasteiger partial charge in [0.25, 0.3) is 0 Å². The molecule has 3 atom stereocenters. The monoisotopic (exact) mass is 519 g/mol. The van der Waals surface area contributed by atoms with Crippen LogP contribution < -0.4 is 10.6 Å². The Balaban J connectivity index is 3.36. The average molecular weight is 520 g/mol. The van der Waals surface area contributed by atoms with Crippen molar-refractivity contribution in [2.45, 2.75) is 72.1 Å². The molecule has 0 aromatic heterocycles. The van der Waals surface area contributed by atoms with Crippen LogP contribution in [0.2, 0.25) is 0 Å². The Kier molecular flexibility index (Phi) is 12.6. The summed E-state index contributed by atoms with van der Waals surface area (Å²) in [4.78, 5) is 52.9. The molecule has 10 nitrogen and oxygen atoms in total. The predicted octanol–water partition coefficient (Wildman–Crippen LogP) is 3.46. The van der Waals surface area contributed by atoms with Crippen LogP contribution in [0.15, 0.2) is 36.9 Å². The molecule has 0 spiro atoms. The van der Waals surface area contributed by atoms with E-state index in [0.29, 0.717) is 12.0 Å². The van der Waals surface area contributed by atoms with Crippen molar-refractivity contribution in [2.24, 2.45) is 5.92 Å². The van der Waals surface area contributed by atoms with Crippen molar-refractivity contribution in [1.29, 1.82) is 0 Å². The Hall–Kier alpha value is -3.56. The normalized spacial score (nSPS) is 13.5. The zero-order valence-electron chi connectivity index (χ0n) is 22.7. The highest BCUT2D eigenvalue weighted by Gasteiger charge is 2.37. The Morgan fingerprint density at radius 2 is 1.76 bits per heavy atom. The lowest BCUT2D eigenvalue weighted by Gasteiger charge is -2.35. The van der Waals surface area contributed by atoms with Crippen LogP contribution in [0.5, 0.6) is 5.75 Å². The smallest absolute Gasteiger partial charge is 0.408 e. The number of ether oxygens (including phenoxy) is 2. The molecule has 0 radical (unpaired) electrons. The lowest BCUT2D eigenvalue weighted by atomic mass is 9.95. The first-order chi connectivity index (χ1) is 17.3. The molecule has 206 valence electrons. The van der Waals surface area contributed by atoms with Crippen molar-refractivity contribution < 1.29 is 33.8 Å². The van der Waals surface area contributed by atoms with Crippen LogP contribution in [0, 0.1) is 5.92 Å². The van der Waals surface area contributed by atoms with Gasteiger partial charge in [-0.05, 0) is 51.3 Å². The number of alkyl carbamates (subject to hydrolysis) is 1. The standard InChI is InChI=1S/C27H41N3O7/c1-8-17-30(25(34)22(18(4)9-2)29-26(35)37-27(5,6)7)23(19-11-13-20(31)14-12-19)24(33)28-16-15-21(32)36-10-3/h8,11-14,18,22-23,31H,1,9-10,15-17H2,2-7H3,(H,28,33)(H,29,35). The first-order valence-electron chi connectivity index (χ1n) is 12.5. The summed E-state index contributed by atoms with van der Waals surface area (Å²) in [5.41, 5.74) is -0.330. The summed E-state index contributed by atoms with van der Waals surface area (Å²) in [5, 5.41) is 15.1. The molecule has 1 aromatic rings. The van der Waals surface area contributed by atoms with Crippen LogP contribution in [0.3, 0.4) is 0 Å².